The highest BCUT2D eigenvalue weighted by Crippen LogP contribution is 2.45. The lowest BCUT2D eigenvalue weighted by molar-refractivity contribution is -0.137. The molecule has 0 radical (unpaired) electrons. The van der Waals surface area contributed by atoms with Crippen LogP contribution < -0.4 is 0 Å². The van der Waals surface area contributed by atoms with E-state index in [-0.39, 0.29) is 11.7 Å². The molecule has 1 aliphatic carbocycles. The molecule has 1 saturated carbocycles. The topological polar surface area (TPSA) is 17.1 Å². The van der Waals surface area contributed by atoms with E-state index in [1.165, 1.54) is 12.1 Å². The lowest BCUT2D eigenvalue weighted by Gasteiger charge is -2.40. The maximum atomic E-state index is 12.4. The Morgan fingerprint density at radius 2 is 1.78 bits per heavy atom. The Bertz CT molecular complexity index is 446. The molecule has 0 amide bonds. The monoisotopic (exact) mass is 276 g/mol. The molecule has 1 fully saturated rings. The standard InChI is InChI=1S/C13H12ClF3O/c14-8-11(18)12(6-1-7-12)9-2-4-10(5-3-9)13(15,16)17/h2-5H,1,6-8H2. The first-order chi connectivity index (χ1) is 8.40. The van der Waals surface area contributed by atoms with Crippen molar-refractivity contribution in [3.63, 3.8) is 0 Å². The normalized spacial score (nSPS) is 18.2. The number of Topliss-reactive ketones (excluding diaryl/α,β-unsaturated/α-hetero) is 1. The zero-order valence-electron chi connectivity index (χ0n) is 9.56. The number of alkyl halides is 4. The average molecular weight is 277 g/mol. The van der Waals surface area contributed by atoms with Crippen molar-refractivity contribution in [2.24, 2.45) is 0 Å². The quantitative estimate of drug-likeness (QED) is 0.765. The number of hydrogen-bond donors (Lipinski definition) is 0. The van der Waals surface area contributed by atoms with Crippen molar-refractivity contribution in [2.75, 3.05) is 5.88 Å². The van der Waals surface area contributed by atoms with Crippen molar-refractivity contribution >= 4 is 17.4 Å². The number of benzene rings is 1. The van der Waals surface area contributed by atoms with E-state index in [9.17, 15) is 18.0 Å². The van der Waals surface area contributed by atoms with Gasteiger partial charge in [-0.2, -0.15) is 13.2 Å². The molecular formula is C13H12ClF3O. The molecular weight excluding hydrogens is 265 g/mol. The van der Waals surface area contributed by atoms with E-state index in [4.69, 9.17) is 11.6 Å². The van der Waals surface area contributed by atoms with E-state index in [0.29, 0.717) is 18.4 Å². The van der Waals surface area contributed by atoms with Gasteiger partial charge in [0, 0.05) is 0 Å². The van der Waals surface area contributed by atoms with Gasteiger partial charge in [0.1, 0.15) is 0 Å². The molecule has 1 aliphatic rings. The van der Waals surface area contributed by atoms with Crippen LogP contribution in [-0.2, 0) is 16.4 Å². The molecule has 1 nitrogen and oxygen atoms in total. The summed E-state index contributed by atoms with van der Waals surface area (Å²) in [5.41, 5.74) is -0.697. The molecule has 0 heterocycles. The molecule has 0 saturated heterocycles. The van der Waals surface area contributed by atoms with Gasteiger partial charge in [-0.3, -0.25) is 4.79 Å². The molecule has 1 aromatic rings. The summed E-state index contributed by atoms with van der Waals surface area (Å²) in [6, 6.07) is 4.84. The molecule has 5 heteroatoms. The van der Waals surface area contributed by atoms with E-state index < -0.39 is 17.2 Å². The molecule has 18 heavy (non-hydrogen) atoms. The van der Waals surface area contributed by atoms with Crippen LogP contribution in [-0.4, -0.2) is 11.7 Å². The number of hydrogen-bond acceptors (Lipinski definition) is 1. The van der Waals surface area contributed by atoms with Crippen LogP contribution >= 0.6 is 11.6 Å². The van der Waals surface area contributed by atoms with Crippen LogP contribution in [0.2, 0.25) is 0 Å². The third-order valence-electron chi connectivity index (χ3n) is 3.63. The van der Waals surface area contributed by atoms with Crippen LogP contribution in [0.1, 0.15) is 30.4 Å². The molecule has 0 aromatic heterocycles. The Hall–Kier alpha value is -1.03. The van der Waals surface area contributed by atoms with Crippen LogP contribution in [0.25, 0.3) is 0 Å². The Labute approximate surface area is 108 Å². The molecule has 0 unspecified atom stereocenters. The minimum absolute atomic E-state index is 0.0962. The fourth-order valence-corrected chi connectivity index (χ4v) is 2.62. The van der Waals surface area contributed by atoms with Crippen LogP contribution in [0.4, 0.5) is 13.2 Å². The summed E-state index contributed by atoms with van der Waals surface area (Å²) in [5, 5.41) is 0. The molecule has 98 valence electrons. The summed E-state index contributed by atoms with van der Waals surface area (Å²) in [7, 11) is 0. The second kappa shape index (κ2) is 4.57. The van der Waals surface area contributed by atoms with Crippen molar-refractivity contribution in [1.82, 2.24) is 0 Å². The minimum atomic E-state index is -4.35. The number of halogens is 4. The highest BCUT2D eigenvalue weighted by Gasteiger charge is 2.44. The predicted octanol–water partition coefficient (Wildman–Crippen LogP) is 3.94. The number of rotatable bonds is 3. The zero-order valence-corrected chi connectivity index (χ0v) is 10.3. The van der Waals surface area contributed by atoms with Crippen molar-refractivity contribution < 1.29 is 18.0 Å². The lowest BCUT2D eigenvalue weighted by atomic mass is 9.62. The summed E-state index contributed by atoms with van der Waals surface area (Å²) < 4.78 is 37.3. The van der Waals surface area contributed by atoms with Gasteiger partial charge in [-0.05, 0) is 30.5 Å². The van der Waals surface area contributed by atoms with Crippen LogP contribution in [0.5, 0.6) is 0 Å². The largest absolute Gasteiger partial charge is 0.416 e. The third kappa shape index (κ3) is 2.14. The van der Waals surface area contributed by atoms with Crippen molar-refractivity contribution in [1.29, 1.82) is 0 Å². The van der Waals surface area contributed by atoms with Gasteiger partial charge in [-0.15, -0.1) is 11.6 Å². The van der Waals surface area contributed by atoms with Gasteiger partial charge in [0.2, 0.25) is 0 Å². The average Bonchev–Trinajstić information content (AvgIpc) is 2.27. The van der Waals surface area contributed by atoms with Crippen molar-refractivity contribution in [3.05, 3.63) is 35.4 Å². The predicted molar refractivity (Wildman–Crippen MR) is 62.7 cm³/mol. The molecule has 2 rings (SSSR count). The Morgan fingerprint density at radius 3 is 2.11 bits per heavy atom. The Kier molecular flexibility index (Phi) is 3.41. The molecule has 0 spiro atoms. The van der Waals surface area contributed by atoms with Crippen LogP contribution in [0.15, 0.2) is 24.3 Å². The first-order valence-electron chi connectivity index (χ1n) is 5.67. The summed E-state index contributed by atoms with van der Waals surface area (Å²) in [4.78, 5) is 11.8. The highest BCUT2D eigenvalue weighted by molar-refractivity contribution is 6.29. The summed E-state index contributed by atoms with van der Waals surface area (Å²) in [6.07, 6.45) is -2.10. The van der Waals surface area contributed by atoms with Gasteiger partial charge in [0.05, 0.1) is 16.9 Å². The minimum Gasteiger partial charge on any atom is -0.297 e. The number of carbonyl (C=O) groups excluding carboxylic acids is 1. The summed E-state index contributed by atoms with van der Waals surface area (Å²) >= 11 is 5.57. The van der Waals surface area contributed by atoms with Gasteiger partial charge in [0.25, 0.3) is 0 Å². The van der Waals surface area contributed by atoms with E-state index in [1.807, 2.05) is 0 Å². The second-order valence-corrected chi connectivity index (χ2v) is 4.83. The maximum Gasteiger partial charge on any atom is 0.416 e. The van der Waals surface area contributed by atoms with Gasteiger partial charge in [0.15, 0.2) is 5.78 Å². The SMILES string of the molecule is O=C(CCl)C1(c2ccc(C(F)(F)F)cc2)CCC1. The second-order valence-electron chi connectivity index (χ2n) is 4.57. The molecule has 0 aliphatic heterocycles. The van der Waals surface area contributed by atoms with E-state index in [0.717, 1.165) is 18.6 Å². The van der Waals surface area contributed by atoms with Gasteiger partial charge in [-0.25, -0.2) is 0 Å². The first-order valence-corrected chi connectivity index (χ1v) is 6.20. The first kappa shape index (κ1) is 13.4. The Balaban J connectivity index is 2.31. The lowest BCUT2D eigenvalue weighted by Crippen LogP contribution is -2.43. The smallest absolute Gasteiger partial charge is 0.297 e. The fourth-order valence-electron chi connectivity index (χ4n) is 2.36. The van der Waals surface area contributed by atoms with Crippen molar-refractivity contribution in [2.45, 2.75) is 30.9 Å². The number of ketones is 1. The number of carbonyl (C=O) groups is 1. The van der Waals surface area contributed by atoms with E-state index in [1.54, 1.807) is 0 Å². The van der Waals surface area contributed by atoms with Crippen LogP contribution in [0, 0.1) is 0 Å². The maximum absolute atomic E-state index is 12.4. The zero-order chi connectivity index (χ0) is 13.4. The fraction of sp³-hybridized carbons (Fsp3) is 0.462. The highest BCUT2D eigenvalue weighted by atomic mass is 35.5. The van der Waals surface area contributed by atoms with Gasteiger partial charge < -0.3 is 0 Å². The van der Waals surface area contributed by atoms with Crippen LogP contribution in [0.3, 0.4) is 0 Å². The third-order valence-corrected chi connectivity index (χ3v) is 3.87. The molecule has 0 N–H and O–H groups in total. The van der Waals surface area contributed by atoms with Gasteiger partial charge in [-0.1, -0.05) is 18.6 Å². The molecule has 0 bridgehead atoms. The van der Waals surface area contributed by atoms with Gasteiger partial charge >= 0.3 is 6.18 Å². The van der Waals surface area contributed by atoms with E-state index in [2.05, 4.69) is 0 Å². The Morgan fingerprint density at radius 1 is 1.22 bits per heavy atom. The molecule has 0 atom stereocenters. The van der Waals surface area contributed by atoms with E-state index >= 15 is 0 Å². The summed E-state index contributed by atoms with van der Waals surface area (Å²) in [5.74, 6) is -0.198. The van der Waals surface area contributed by atoms with Crippen molar-refractivity contribution in [3.8, 4) is 0 Å². The summed E-state index contributed by atoms with van der Waals surface area (Å²) in [6.45, 7) is 0. The molecule has 1 aromatic carbocycles.